The maximum atomic E-state index is 12.1. The van der Waals surface area contributed by atoms with E-state index in [0.29, 0.717) is 15.6 Å². The maximum absolute atomic E-state index is 12.1. The molecular formula is C14H10BrCl2NO. The number of alkyl halides is 1. The Morgan fingerprint density at radius 2 is 1.79 bits per heavy atom. The van der Waals surface area contributed by atoms with Crippen LogP contribution in [0.25, 0.3) is 0 Å². The van der Waals surface area contributed by atoms with Crippen LogP contribution in [0, 0.1) is 0 Å². The summed E-state index contributed by atoms with van der Waals surface area (Å²) in [6.07, 6.45) is 0. The van der Waals surface area contributed by atoms with Gasteiger partial charge in [0.05, 0.1) is 10.6 Å². The molecule has 19 heavy (non-hydrogen) atoms. The Balaban J connectivity index is 2.15. The van der Waals surface area contributed by atoms with Crippen molar-refractivity contribution < 1.29 is 4.79 Å². The van der Waals surface area contributed by atoms with Crippen molar-refractivity contribution in [2.75, 3.05) is 5.32 Å². The van der Waals surface area contributed by atoms with Crippen LogP contribution in [-0.4, -0.2) is 5.91 Å². The molecule has 0 radical (unpaired) electrons. The van der Waals surface area contributed by atoms with Gasteiger partial charge in [-0.15, -0.1) is 0 Å². The molecule has 2 aromatic carbocycles. The van der Waals surface area contributed by atoms with E-state index in [0.717, 1.165) is 16.6 Å². The second-order valence-corrected chi connectivity index (χ2v) is 5.31. The van der Waals surface area contributed by atoms with Gasteiger partial charge in [0.2, 0.25) is 0 Å². The zero-order valence-corrected chi connectivity index (χ0v) is 12.9. The van der Waals surface area contributed by atoms with Crippen molar-refractivity contribution in [2.45, 2.75) is 5.33 Å². The number of hydrogen-bond acceptors (Lipinski definition) is 1. The minimum atomic E-state index is -0.256. The van der Waals surface area contributed by atoms with Gasteiger partial charge in [-0.2, -0.15) is 0 Å². The molecule has 0 unspecified atom stereocenters. The van der Waals surface area contributed by atoms with Crippen molar-refractivity contribution in [1.82, 2.24) is 0 Å². The van der Waals surface area contributed by atoms with Gasteiger partial charge in [-0.1, -0.05) is 51.3 Å². The SMILES string of the molecule is O=C(Nc1ccc(CBr)cc1)c1ccc(Cl)cc1Cl. The van der Waals surface area contributed by atoms with Crippen molar-refractivity contribution >= 4 is 50.7 Å². The van der Waals surface area contributed by atoms with E-state index in [1.165, 1.54) is 0 Å². The van der Waals surface area contributed by atoms with Crippen molar-refractivity contribution in [2.24, 2.45) is 0 Å². The molecule has 0 bridgehead atoms. The van der Waals surface area contributed by atoms with E-state index in [9.17, 15) is 4.79 Å². The lowest BCUT2D eigenvalue weighted by Crippen LogP contribution is -2.12. The Hall–Kier alpha value is -1.03. The summed E-state index contributed by atoms with van der Waals surface area (Å²) >= 11 is 15.2. The highest BCUT2D eigenvalue weighted by molar-refractivity contribution is 9.08. The Kier molecular flexibility index (Phi) is 4.86. The molecule has 0 aliphatic rings. The molecule has 0 aliphatic heterocycles. The first-order valence-electron chi connectivity index (χ1n) is 5.51. The average molecular weight is 359 g/mol. The fourth-order valence-electron chi connectivity index (χ4n) is 1.55. The highest BCUT2D eigenvalue weighted by Gasteiger charge is 2.10. The minimum absolute atomic E-state index is 0.256. The summed E-state index contributed by atoms with van der Waals surface area (Å²) in [5.74, 6) is -0.256. The van der Waals surface area contributed by atoms with Gasteiger partial charge in [0.1, 0.15) is 0 Å². The molecule has 0 saturated heterocycles. The van der Waals surface area contributed by atoms with Crippen molar-refractivity contribution in [3.8, 4) is 0 Å². The Morgan fingerprint density at radius 3 is 2.37 bits per heavy atom. The van der Waals surface area contributed by atoms with Gasteiger partial charge in [-0.3, -0.25) is 4.79 Å². The molecule has 2 aromatic rings. The fraction of sp³-hybridized carbons (Fsp3) is 0.0714. The molecule has 1 N–H and O–H groups in total. The summed E-state index contributed by atoms with van der Waals surface area (Å²) in [7, 11) is 0. The number of carbonyl (C=O) groups excluding carboxylic acids is 1. The van der Waals surface area contributed by atoms with Crippen LogP contribution < -0.4 is 5.32 Å². The third kappa shape index (κ3) is 3.72. The number of rotatable bonds is 3. The van der Waals surface area contributed by atoms with E-state index in [1.807, 2.05) is 24.3 Å². The number of hydrogen-bond donors (Lipinski definition) is 1. The van der Waals surface area contributed by atoms with E-state index >= 15 is 0 Å². The molecule has 0 heterocycles. The molecule has 5 heteroatoms. The highest BCUT2D eigenvalue weighted by atomic mass is 79.9. The zero-order valence-electron chi connectivity index (χ0n) is 9.79. The first-order valence-corrected chi connectivity index (χ1v) is 7.39. The Bertz CT molecular complexity index is 599. The van der Waals surface area contributed by atoms with Gasteiger partial charge < -0.3 is 5.32 Å². The molecule has 0 spiro atoms. The van der Waals surface area contributed by atoms with Crippen LogP contribution in [0.4, 0.5) is 5.69 Å². The molecular weight excluding hydrogens is 349 g/mol. The lowest BCUT2D eigenvalue weighted by molar-refractivity contribution is 0.102. The molecule has 1 amide bonds. The van der Waals surface area contributed by atoms with Crippen LogP contribution in [0.5, 0.6) is 0 Å². The van der Waals surface area contributed by atoms with Crippen molar-refractivity contribution in [3.05, 3.63) is 63.6 Å². The third-order valence-corrected chi connectivity index (χ3v) is 3.74. The molecule has 0 saturated carbocycles. The van der Waals surface area contributed by atoms with Crippen LogP contribution in [-0.2, 0) is 5.33 Å². The van der Waals surface area contributed by atoms with E-state index in [-0.39, 0.29) is 5.91 Å². The molecule has 0 atom stereocenters. The lowest BCUT2D eigenvalue weighted by atomic mass is 10.2. The number of halogens is 3. The largest absolute Gasteiger partial charge is 0.322 e. The van der Waals surface area contributed by atoms with Crippen LogP contribution in [0.1, 0.15) is 15.9 Å². The summed E-state index contributed by atoms with van der Waals surface area (Å²) in [6, 6.07) is 12.4. The smallest absolute Gasteiger partial charge is 0.257 e. The average Bonchev–Trinajstić information content (AvgIpc) is 2.39. The van der Waals surface area contributed by atoms with Gasteiger partial charge in [-0.25, -0.2) is 0 Å². The number of amides is 1. The van der Waals surface area contributed by atoms with E-state index in [2.05, 4.69) is 21.2 Å². The maximum Gasteiger partial charge on any atom is 0.257 e. The van der Waals surface area contributed by atoms with Gasteiger partial charge >= 0.3 is 0 Å². The summed E-state index contributed by atoms with van der Waals surface area (Å²) in [5.41, 5.74) is 2.26. The highest BCUT2D eigenvalue weighted by Crippen LogP contribution is 2.22. The summed E-state index contributed by atoms with van der Waals surface area (Å²) in [4.78, 5) is 12.1. The van der Waals surface area contributed by atoms with Crippen molar-refractivity contribution in [1.29, 1.82) is 0 Å². The Labute approximate surface area is 129 Å². The number of carbonyl (C=O) groups is 1. The first kappa shape index (κ1) is 14.4. The third-order valence-electron chi connectivity index (χ3n) is 2.54. The van der Waals surface area contributed by atoms with Crippen LogP contribution in [0.15, 0.2) is 42.5 Å². The van der Waals surface area contributed by atoms with Crippen LogP contribution in [0.2, 0.25) is 10.0 Å². The zero-order chi connectivity index (χ0) is 13.8. The normalized spacial score (nSPS) is 10.3. The molecule has 0 fully saturated rings. The Morgan fingerprint density at radius 1 is 1.11 bits per heavy atom. The molecule has 2 nitrogen and oxygen atoms in total. The quantitative estimate of drug-likeness (QED) is 0.756. The topological polar surface area (TPSA) is 29.1 Å². The van der Waals surface area contributed by atoms with Crippen molar-refractivity contribution in [3.63, 3.8) is 0 Å². The van der Waals surface area contributed by atoms with Gasteiger partial charge in [0.25, 0.3) is 5.91 Å². The monoisotopic (exact) mass is 357 g/mol. The molecule has 2 rings (SSSR count). The predicted octanol–water partition coefficient (Wildman–Crippen LogP) is 5.14. The minimum Gasteiger partial charge on any atom is -0.322 e. The van der Waals surface area contributed by atoms with Crippen LogP contribution in [0.3, 0.4) is 0 Å². The number of anilines is 1. The molecule has 98 valence electrons. The van der Waals surface area contributed by atoms with E-state index in [4.69, 9.17) is 23.2 Å². The summed E-state index contributed by atoms with van der Waals surface area (Å²) in [6.45, 7) is 0. The summed E-state index contributed by atoms with van der Waals surface area (Å²) < 4.78 is 0. The lowest BCUT2D eigenvalue weighted by Gasteiger charge is -2.07. The first-order chi connectivity index (χ1) is 9.10. The standard InChI is InChI=1S/C14H10BrCl2NO/c15-8-9-1-4-11(5-2-9)18-14(19)12-6-3-10(16)7-13(12)17/h1-7H,8H2,(H,18,19). The van der Waals surface area contributed by atoms with Crippen LogP contribution >= 0.6 is 39.1 Å². The number of benzene rings is 2. The molecule has 0 aromatic heterocycles. The second kappa shape index (κ2) is 6.42. The fourth-order valence-corrected chi connectivity index (χ4v) is 2.42. The van der Waals surface area contributed by atoms with Gasteiger partial charge in [-0.05, 0) is 35.9 Å². The van der Waals surface area contributed by atoms with E-state index < -0.39 is 0 Å². The molecule has 0 aliphatic carbocycles. The van der Waals surface area contributed by atoms with Gasteiger partial charge in [0.15, 0.2) is 0 Å². The number of nitrogens with one attached hydrogen (secondary N) is 1. The predicted molar refractivity (Wildman–Crippen MR) is 83.5 cm³/mol. The summed E-state index contributed by atoms with van der Waals surface area (Å²) in [5, 5.41) is 4.41. The second-order valence-electron chi connectivity index (χ2n) is 3.91. The van der Waals surface area contributed by atoms with E-state index in [1.54, 1.807) is 18.2 Å². The van der Waals surface area contributed by atoms with Gasteiger partial charge in [0, 0.05) is 16.0 Å².